The second-order valence-corrected chi connectivity index (χ2v) is 4.99. The Morgan fingerprint density at radius 3 is 1.92 bits per heavy atom. The summed E-state index contributed by atoms with van der Waals surface area (Å²) in [5, 5.41) is 2.43. The van der Waals surface area contributed by atoms with Crippen molar-refractivity contribution < 1.29 is 35.9 Å². The minimum atomic E-state index is -4.81. The van der Waals surface area contributed by atoms with Crippen molar-refractivity contribution >= 4 is 11.6 Å². The monoisotopic (exact) mass is 363 g/mol. The van der Waals surface area contributed by atoms with Crippen LogP contribution in [0.1, 0.15) is 11.1 Å². The zero-order valence-corrected chi connectivity index (χ0v) is 12.4. The molecule has 0 aliphatic rings. The Kier molecular flexibility index (Phi) is 5.24. The number of rotatable bonds is 4. The summed E-state index contributed by atoms with van der Waals surface area (Å²) in [4.78, 5) is 11.8. The van der Waals surface area contributed by atoms with E-state index in [0.717, 1.165) is 24.3 Å². The molecule has 2 aromatic rings. The molecule has 25 heavy (non-hydrogen) atoms. The molecular formula is C16H11F6NO2. The summed E-state index contributed by atoms with van der Waals surface area (Å²) < 4.78 is 77.1. The van der Waals surface area contributed by atoms with E-state index in [9.17, 15) is 31.1 Å². The molecule has 0 unspecified atom stereocenters. The fraction of sp³-hybridized carbons (Fsp3) is 0.188. The molecule has 0 aliphatic carbocycles. The number of alkyl halides is 6. The number of benzene rings is 2. The predicted molar refractivity (Wildman–Crippen MR) is 76.9 cm³/mol. The number of nitrogens with one attached hydrogen (secondary N) is 1. The second kappa shape index (κ2) is 7.04. The zero-order valence-electron chi connectivity index (χ0n) is 12.4. The Morgan fingerprint density at radius 1 is 0.880 bits per heavy atom. The molecule has 0 fully saturated rings. The van der Waals surface area contributed by atoms with Crippen LogP contribution in [0, 0.1) is 0 Å². The molecule has 0 saturated heterocycles. The van der Waals surface area contributed by atoms with Gasteiger partial charge in [-0.3, -0.25) is 4.79 Å². The van der Waals surface area contributed by atoms with E-state index < -0.39 is 29.8 Å². The molecule has 1 amide bonds. The summed E-state index contributed by atoms with van der Waals surface area (Å²) in [6, 6.07) is 8.59. The predicted octanol–water partition coefficient (Wildman–Crippen LogP) is 4.79. The summed E-state index contributed by atoms with van der Waals surface area (Å²) in [6.07, 6.45) is -9.45. The highest BCUT2D eigenvalue weighted by Crippen LogP contribution is 2.29. The number of halogens is 6. The Labute approximate surface area is 138 Å². The highest BCUT2D eigenvalue weighted by molar-refractivity contribution is 5.92. The number of hydrogen-bond acceptors (Lipinski definition) is 2. The van der Waals surface area contributed by atoms with E-state index in [0.29, 0.717) is 5.56 Å². The first-order valence-electron chi connectivity index (χ1n) is 6.85. The molecule has 2 aromatic carbocycles. The Balaban J connectivity index is 1.94. The van der Waals surface area contributed by atoms with Crippen molar-refractivity contribution in [2.75, 3.05) is 5.32 Å². The lowest BCUT2D eigenvalue weighted by Crippen LogP contribution is -2.17. The first kappa shape index (κ1) is 18.6. The number of carbonyl (C=O) groups is 1. The van der Waals surface area contributed by atoms with Gasteiger partial charge in [-0.05, 0) is 42.0 Å². The van der Waals surface area contributed by atoms with E-state index in [-0.39, 0.29) is 12.1 Å². The molecular weight excluding hydrogens is 352 g/mol. The molecule has 0 heterocycles. The van der Waals surface area contributed by atoms with Gasteiger partial charge < -0.3 is 10.1 Å². The lowest BCUT2D eigenvalue weighted by molar-refractivity contribution is -0.274. The van der Waals surface area contributed by atoms with Crippen LogP contribution in [-0.2, 0) is 17.4 Å². The second-order valence-electron chi connectivity index (χ2n) is 4.99. The Bertz CT molecular complexity index is 720. The number of amides is 1. The van der Waals surface area contributed by atoms with Gasteiger partial charge in [0.15, 0.2) is 0 Å². The molecule has 0 bridgehead atoms. The summed E-state index contributed by atoms with van der Waals surface area (Å²) in [7, 11) is 0. The van der Waals surface area contributed by atoms with E-state index >= 15 is 0 Å². The summed E-state index contributed by atoms with van der Waals surface area (Å²) in [5.41, 5.74) is -0.231. The van der Waals surface area contributed by atoms with Crippen LogP contribution in [-0.4, -0.2) is 12.3 Å². The van der Waals surface area contributed by atoms with E-state index in [1.807, 2.05) is 0 Å². The highest BCUT2D eigenvalue weighted by Gasteiger charge is 2.31. The molecule has 2 rings (SSSR count). The Morgan fingerprint density at radius 2 is 1.44 bits per heavy atom. The fourth-order valence-corrected chi connectivity index (χ4v) is 1.94. The van der Waals surface area contributed by atoms with Gasteiger partial charge in [-0.2, -0.15) is 13.2 Å². The van der Waals surface area contributed by atoms with Crippen molar-refractivity contribution in [2.45, 2.75) is 19.0 Å². The lowest BCUT2D eigenvalue weighted by Gasteiger charge is -2.10. The molecule has 0 aliphatic heterocycles. The summed E-state index contributed by atoms with van der Waals surface area (Å²) >= 11 is 0. The smallest absolute Gasteiger partial charge is 0.406 e. The molecule has 134 valence electrons. The molecule has 0 aromatic heterocycles. The molecule has 0 atom stereocenters. The van der Waals surface area contributed by atoms with E-state index in [1.165, 1.54) is 24.3 Å². The number of anilines is 1. The van der Waals surface area contributed by atoms with Crippen molar-refractivity contribution in [1.29, 1.82) is 0 Å². The van der Waals surface area contributed by atoms with Crippen LogP contribution >= 0.6 is 0 Å². The van der Waals surface area contributed by atoms with Gasteiger partial charge >= 0.3 is 12.5 Å². The standard InChI is InChI=1S/C16H11F6NO2/c17-15(18,19)11-3-1-10(2-4-11)9-14(24)23-12-5-7-13(8-6-12)25-16(20,21)22/h1-8H,9H2,(H,23,24). The minimum Gasteiger partial charge on any atom is -0.406 e. The largest absolute Gasteiger partial charge is 0.573 e. The summed E-state index contributed by atoms with van der Waals surface area (Å²) in [6.45, 7) is 0. The third-order valence-corrected chi connectivity index (χ3v) is 3.02. The van der Waals surface area contributed by atoms with Gasteiger partial charge in [0.2, 0.25) is 5.91 Å². The van der Waals surface area contributed by atoms with Crippen LogP contribution in [0.3, 0.4) is 0 Å². The fourth-order valence-electron chi connectivity index (χ4n) is 1.94. The SMILES string of the molecule is O=C(Cc1ccc(C(F)(F)F)cc1)Nc1ccc(OC(F)(F)F)cc1. The van der Waals surface area contributed by atoms with Crippen molar-refractivity contribution in [3.05, 3.63) is 59.7 Å². The van der Waals surface area contributed by atoms with Crippen molar-refractivity contribution in [1.82, 2.24) is 0 Å². The highest BCUT2D eigenvalue weighted by atomic mass is 19.4. The van der Waals surface area contributed by atoms with Gasteiger partial charge in [0.1, 0.15) is 5.75 Å². The van der Waals surface area contributed by atoms with E-state index in [4.69, 9.17) is 0 Å². The number of carbonyl (C=O) groups excluding carboxylic acids is 1. The first-order chi connectivity index (χ1) is 11.5. The number of hydrogen-bond donors (Lipinski definition) is 1. The quantitative estimate of drug-likeness (QED) is 0.794. The molecule has 1 N–H and O–H groups in total. The third kappa shape index (κ3) is 6.02. The van der Waals surface area contributed by atoms with Crippen LogP contribution in [0.2, 0.25) is 0 Å². The minimum absolute atomic E-state index is 0.182. The van der Waals surface area contributed by atoms with E-state index in [1.54, 1.807) is 0 Å². The van der Waals surface area contributed by atoms with E-state index in [2.05, 4.69) is 10.1 Å². The van der Waals surface area contributed by atoms with Gasteiger partial charge in [0.25, 0.3) is 0 Å². The lowest BCUT2D eigenvalue weighted by atomic mass is 10.1. The van der Waals surface area contributed by atoms with Crippen LogP contribution in [0.4, 0.5) is 32.0 Å². The van der Waals surface area contributed by atoms with Gasteiger partial charge in [0.05, 0.1) is 12.0 Å². The van der Waals surface area contributed by atoms with Gasteiger partial charge in [-0.1, -0.05) is 12.1 Å². The van der Waals surface area contributed by atoms with Crippen LogP contribution in [0.15, 0.2) is 48.5 Å². The van der Waals surface area contributed by atoms with Gasteiger partial charge in [-0.15, -0.1) is 13.2 Å². The molecule has 0 radical (unpaired) electrons. The van der Waals surface area contributed by atoms with Crippen molar-refractivity contribution in [2.24, 2.45) is 0 Å². The van der Waals surface area contributed by atoms with Crippen molar-refractivity contribution in [3.63, 3.8) is 0 Å². The first-order valence-corrected chi connectivity index (χ1v) is 6.85. The van der Waals surface area contributed by atoms with Gasteiger partial charge in [-0.25, -0.2) is 0 Å². The maximum Gasteiger partial charge on any atom is 0.573 e. The molecule has 3 nitrogen and oxygen atoms in total. The topological polar surface area (TPSA) is 38.3 Å². The molecule has 0 saturated carbocycles. The molecule has 0 spiro atoms. The maximum atomic E-state index is 12.4. The third-order valence-electron chi connectivity index (χ3n) is 3.02. The molecule has 9 heteroatoms. The van der Waals surface area contributed by atoms with Crippen LogP contribution in [0.5, 0.6) is 5.75 Å². The van der Waals surface area contributed by atoms with Crippen LogP contribution < -0.4 is 10.1 Å². The van der Waals surface area contributed by atoms with Gasteiger partial charge in [0, 0.05) is 5.69 Å². The zero-order chi connectivity index (χ0) is 18.7. The van der Waals surface area contributed by atoms with Crippen LogP contribution in [0.25, 0.3) is 0 Å². The number of ether oxygens (including phenoxy) is 1. The maximum absolute atomic E-state index is 12.4. The Hall–Kier alpha value is -2.71. The average molecular weight is 363 g/mol. The average Bonchev–Trinajstić information content (AvgIpc) is 2.47. The van der Waals surface area contributed by atoms with Crippen molar-refractivity contribution in [3.8, 4) is 5.75 Å². The normalized spacial score (nSPS) is 11.9. The summed E-state index contributed by atoms with van der Waals surface area (Å²) in [5.74, 6) is -0.961.